The van der Waals surface area contributed by atoms with E-state index < -0.39 is 49.2 Å². The van der Waals surface area contributed by atoms with E-state index in [-0.39, 0.29) is 36.1 Å². The summed E-state index contributed by atoms with van der Waals surface area (Å²) in [6.45, 7) is 2.24. The standard InChI is InChI=1S/C22H29N6O9P/c1-12(20(31)34-3)27-38(33,36-13-7-5-4-6-8-13)37-14-9-35-10-15(22(2,32)17(14)29)28-11-24-16-18(28)25-21(23)26-19(16)30/h4-8,11-12,14-15,17,29,32H,9-10H2,1-3H3,(H,27,33)(H3,23,25,26,30)/t12-,14?,15?,17+,22?,38?/m0/s1. The highest BCUT2D eigenvalue weighted by atomic mass is 31.2. The number of esters is 1. The third kappa shape index (κ3) is 5.57. The Morgan fingerprint density at radius 2 is 2.08 bits per heavy atom. The van der Waals surface area contributed by atoms with Gasteiger partial charge in [-0.25, -0.2) is 9.55 Å². The molecule has 0 saturated carbocycles. The van der Waals surface area contributed by atoms with Crippen molar-refractivity contribution in [3.8, 4) is 5.75 Å². The normalized spacial score (nSPS) is 26.3. The molecule has 1 aliphatic rings. The first kappa shape index (κ1) is 27.7. The second-order valence-corrected chi connectivity index (χ2v) is 10.6. The van der Waals surface area contributed by atoms with Crippen molar-refractivity contribution >= 4 is 30.8 Å². The van der Waals surface area contributed by atoms with Gasteiger partial charge in [0, 0.05) is 0 Å². The maximum atomic E-state index is 13.8. The Hall–Kier alpha value is -3.33. The van der Waals surface area contributed by atoms with Gasteiger partial charge < -0.3 is 34.5 Å². The largest absolute Gasteiger partial charge is 0.468 e. The number of nitrogens with two attached hydrogens (primary N) is 1. The lowest BCUT2D eigenvalue weighted by molar-refractivity contribution is -0.142. The molecule has 0 aliphatic carbocycles. The van der Waals surface area contributed by atoms with Crippen LogP contribution < -0.4 is 20.9 Å². The summed E-state index contributed by atoms with van der Waals surface area (Å²) >= 11 is 0. The van der Waals surface area contributed by atoms with Crippen LogP contribution in [-0.4, -0.2) is 79.9 Å². The Balaban J connectivity index is 1.64. The van der Waals surface area contributed by atoms with E-state index in [1.54, 1.807) is 18.2 Å². The Bertz CT molecular complexity index is 1390. The third-order valence-corrected chi connectivity index (χ3v) is 7.82. The first-order valence-electron chi connectivity index (χ1n) is 11.5. The molecule has 4 rings (SSSR count). The number of benzene rings is 1. The molecular weight excluding hydrogens is 523 g/mol. The molecule has 4 unspecified atom stereocenters. The number of H-pyrrole nitrogens is 1. The number of ether oxygens (including phenoxy) is 2. The molecule has 16 heteroatoms. The van der Waals surface area contributed by atoms with Crippen LogP contribution in [0.4, 0.5) is 5.95 Å². The first-order chi connectivity index (χ1) is 17.9. The number of carbonyl (C=O) groups is 1. The predicted molar refractivity (Wildman–Crippen MR) is 133 cm³/mol. The number of nitrogen functional groups attached to an aromatic ring is 1. The van der Waals surface area contributed by atoms with E-state index in [9.17, 15) is 24.4 Å². The number of fused-ring (bicyclic) bond motifs is 1. The van der Waals surface area contributed by atoms with Gasteiger partial charge in [0.25, 0.3) is 5.56 Å². The zero-order valence-electron chi connectivity index (χ0n) is 20.8. The molecule has 0 spiro atoms. The molecular formula is C22H29N6O9P. The Labute approximate surface area is 216 Å². The summed E-state index contributed by atoms with van der Waals surface area (Å²) in [5.74, 6) is -0.734. The van der Waals surface area contributed by atoms with E-state index in [0.717, 1.165) is 0 Å². The molecule has 1 aromatic carbocycles. The Morgan fingerprint density at radius 1 is 1.37 bits per heavy atom. The van der Waals surface area contributed by atoms with Crippen molar-refractivity contribution in [2.24, 2.45) is 0 Å². The van der Waals surface area contributed by atoms with E-state index in [1.807, 2.05) is 0 Å². The minimum Gasteiger partial charge on any atom is -0.468 e. The highest BCUT2D eigenvalue weighted by Gasteiger charge is 2.50. The van der Waals surface area contributed by atoms with Crippen LogP contribution >= 0.6 is 7.75 Å². The van der Waals surface area contributed by atoms with Crippen LogP contribution in [0.5, 0.6) is 5.75 Å². The monoisotopic (exact) mass is 552 g/mol. The fourth-order valence-corrected chi connectivity index (χ4v) is 5.76. The van der Waals surface area contributed by atoms with E-state index in [4.69, 9.17) is 19.5 Å². The van der Waals surface area contributed by atoms with E-state index in [0.29, 0.717) is 0 Å². The zero-order valence-corrected chi connectivity index (χ0v) is 21.7. The van der Waals surface area contributed by atoms with Gasteiger partial charge in [0.2, 0.25) is 5.95 Å². The number of nitrogens with zero attached hydrogens (tertiary/aromatic N) is 3. The third-order valence-electron chi connectivity index (χ3n) is 6.12. The van der Waals surface area contributed by atoms with Gasteiger partial charge in [0.15, 0.2) is 11.2 Å². The second kappa shape index (κ2) is 10.8. The zero-order chi connectivity index (χ0) is 27.7. The van der Waals surface area contributed by atoms with Crippen molar-refractivity contribution in [3.05, 3.63) is 47.0 Å². The minimum atomic E-state index is -4.37. The summed E-state index contributed by atoms with van der Waals surface area (Å²) in [5, 5.41) is 25.2. The quantitative estimate of drug-likeness (QED) is 0.186. The van der Waals surface area contributed by atoms with Crippen molar-refractivity contribution in [1.82, 2.24) is 24.6 Å². The number of aliphatic hydroxyl groups excluding tert-OH is 1. The number of carbonyl (C=O) groups excluding carboxylic acids is 1. The van der Waals surface area contributed by atoms with Crippen molar-refractivity contribution in [2.45, 2.75) is 43.7 Å². The number of hydrogen-bond acceptors (Lipinski definition) is 12. The number of rotatable bonds is 8. The number of para-hydroxylation sites is 1. The molecule has 1 fully saturated rings. The molecule has 3 aromatic rings. The number of imidazole rings is 1. The van der Waals surface area contributed by atoms with Gasteiger partial charge in [-0.05, 0) is 26.0 Å². The van der Waals surface area contributed by atoms with Crippen molar-refractivity contribution in [1.29, 1.82) is 0 Å². The lowest BCUT2D eigenvalue weighted by Gasteiger charge is -2.37. The number of aromatic amines is 1. The maximum absolute atomic E-state index is 13.8. The lowest BCUT2D eigenvalue weighted by Crippen LogP contribution is -2.53. The fourth-order valence-electron chi connectivity index (χ4n) is 4.09. The van der Waals surface area contributed by atoms with Crippen molar-refractivity contribution < 1.29 is 38.1 Å². The molecule has 0 bridgehead atoms. The van der Waals surface area contributed by atoms with Crippen LogP contribution in [-0.2, 0) is 23.4 Å². The molecule has 206 valence electrons. The first-order valence-corrected chi connectivity index (χ1v) is 13.1. The summed E-state index contributed by atoms with van der Waals surface area (Å²) in [7, 11) is -3.21. The van der Waals surface area contributed by atoms with E-state index in [1.165, 1.54) is 44.0 Å². The molecule has 6 atom stereocenters. The molecule has 3 heterocycles. The molecule has 38 heavy (non-hydrogen) atoms. The molecule has 2 aromatic heterocycles. The van der Waals surface area contributed by atoms with Gasteiger partial charge in [0.1, 0.15) is 29.6 Å². The number of nitrogens with one attached hydrogen (secondary N) is 2. The number of hydrogen-bond donors (Lipinski definition) is 5. The molecule has 15 nitrogen and oxygen atoms in total. The molecule has 6 N–H and O–H groups in total. The average Bonchev–Trinajstić information content (AvgIpc) is 3.24. The molecule has 0 amide bonds. The van der Waals surface area contributed by atoms with Gasteiger partial charge in [-0.1, -0.05) is 18.2 Å². The van der Waals surface area contributed by atoms with E-state index in [2.05, 4.69) is 24.8 Å². The SMILES string of the molecule is COC(=O)[C@H](C)NP(=O)(Oc1ccccc1)OC1COCC(n2cnc3c(=O)[nH]c(N)nc32)C(C)(O)[C@@H]1O. The van der Waals surface area contributed by atoms with Gasteiger partial charge in [0.05, 0.1) is 32.7 Å². The average molecular weight is 552 g/mol. The number of methoxy groups -OCH3 is 1. The van der Waals surface area contributed by atoms with Crippen LogP contribution in [0, 0.1) is 0 Å². The Kier molecular flexibility index (Phi) is 7.88. The van der Waals surface area contributed by atoms with Crippen LogP contribution in [0.15, 0.2) is 41.5 Å². The van der Waals surface area contributed by atoms with Gasteiger partial charge >= 0.3 is 13.7 Å². The van der Waals surface area contributed by atoms with Gasteiger partial charge in [-0.15, -0.1) is 0 Å². The highest BCUT2D eigenvalue weighted by Crippen LogP contribution is 2.48. The minimum absolute atomic E-state index is 0.0247. The molecule has 0 radical (unpaired) electrons. The van der Waals surface area contributed by atoms with Crippen LogP contribution in [0.3, 0.4) is 0 Å². The summed E-state index contributed by atoms with van der Waals surface area (Å²) in [6, 6.07) is 5.93. The number of aliphatic hydroxyl groups is 2. The molecule has 1 aliphatic heterocycles. The maximum Gasteiger partial charge on any atom is 0.459 e. The van der Waals surface area contributed by atoms with Crippen LogP contribution in [0.1, 0.15) is 19.9 Å². The summed E-state index contributed by atoms with van der Waals surface area (Å²) in [6.07, 6.45) is -1.82. The highest BCUT2D eigenvalue weighted by molar-refractivity contribution is 7.52. The summed E-state index contributed by atoms with van der Waals surface area (Å²) in [5.41, 5.74) is 3.16. The predicted octanol–water partition coefficient (Wildman–Crippen LogP) is 0.108. The number of anilines is 1. The smallest absolute Gasteiger partial charge is 0.459 e. The van der Waals surface area contributed by atoms with Crippen molar-refractivity contribution in [2.75, 3.05) is 26.1 Å². The summed E-state index contributed by atoms with van der Waals surface area (Å²) in [4.78, 5) is 34.7. The number of aromatic nitrogens is 4. The van der Waals surface area contributed by atoms with Gasteiger partial charge in [-0.3, -0.25) is 19.1 Å². The summed E-state index contributed by atoms with van der Waals surface area (Å²) < 4.78 is 36.9. The lowest BCUT2D eigenvalue weighted by atomic mass is 9.88. The topological polar surface area (TPSA) is 213 Å². The second-order valence-electron chi connectivity index (χ2n) is 8.92. The van der Waals surface area contributed by atoms with Crippen molar-refractivity contribution in [3.63, 3.8) is 0 Å². The van der Waals surface area contributed by atoms with E-state index >= 15 is 0 Å². The molecule has 1 saturated heterocycles. The van der Waals surface area contributed by atoms with Crippen LogP contribution in [0.25, 0.3) is 11.2 Å². The fraction of sp³-hybridized carbons (Fsp3) is 0.455. The Morgan fingerprint density at radius 3 is 2.76 bits per heavy atom. The van der Waals surface area contributed by atoms with Crippen LogP contribution in [0.2, 0.25) is 0 Å². The van der Waals surface area contributed by atoms with Gasteiger partial charge in [-0.2, -0.15) is 10.1 Å².